The summed E-state index contributed by atoms with van der Waals surface area (Å²) in [5.41, 5.74) is -2.15. The zero-order valence-corrected chi connectivity index (χ0v) is 17.1. The largest absolute Gasteiger partial charge is 0.530 e. The minimum absolute atomic E-state index is 0.114. The number of imidazole rings is 1. The maximum Gasteiger partial charge on any atom is 0.416 e. The quantitative estimate of drug-likeness (QED) is 0.427. The summed E-state index contributed by atoms with van der Waals surface area (Å²) >= 11 is 0. The molecule has 34 heavy (non-hydrogen) atoms. The van der Waals surface area contributed by atoms with E-state index in [9.17, 15) is 33.0 Å². The van der Waals surface area contributed by atoms with Gasteiger partial charge in [0.2, 0.25) is 5.95 Å². The molecular weight excluding hydrogens is 453 g/mol. The molecule has 0 spiro atoms. The number of hydrogen-bond acceptors (Lipinski definition) is 5. The van der Waals surface area contributed by atoms with Gasteiger partial charge in [0.15, 0.2) is 5.72 Å². The Labute approximate surface area is 189 Å². The summed E-state index contributed by atoms with van der Waals surface area (Å²) < 4.78 is 40.1. The zero-order valence-electron chi connectivity index (χ0n) is 17.1. The summed E-state index contributed by atoms with van der Waals surface area (Å²) in [5.74, 6) is -0.793. The summed E-state index contributed by atoms with van der Waals surface area (Å²) in [6, 6.07) is 14.7. The molecule has 1 atom stereocenters. The van der Waals surface area contributed by atoms with E-state index in [1.807, 2.05) is 5.32 Å². The first-order chi connectivity index (χ1) is 16.1. The normalized spacial score (nSPS) is 17.8. The number of carbonyl (C=O) groups excluding carboxylic acids is 2. The van der Waals surface area contributed by atoms with Crippen molar-refractivity contribution in [3.63, 3.8) is 0 Å². The van der Waals surface area contributed by atoms with Crippen LogP contribution in [0.2, 0.25) is 0 Å². The summed E-state index contributed by atoms with van der Waals surface area (Å²) in [5, 5.41) is 24.7. The molecule has 3 aromatic carbocycles. The molecule has 1 aromatic heterocycles. The van der Waals surface area contributed by atoms with Crippen molar-refractivity contribution < 1.29 is 33.0 Å². The molecule has 11 heteroatoms. The van der Waals surface area contributed by atoms with Gasteiger partial charge in [-0.3, -0.25) is 9.69 Å². The third-order valence-corrected chi connectivity index (χ3v) is 5.60. The number of nitrogens with one attached hydrogen (secondary N) is 2. The molecule has 2 amide bonds. The maximum absolute atomic E-state index is 13.4. The predicted molar refractivity (Wildman–Crippen MR) is 113 cm³/mol. The molecule has 5 rings (SSSR count). The van der Waals surface area contributed by atoms with Crippen molar-refractivity contribution in [2.75, 3.05) is 10.2 Å². The number of H-pyrrole nitrogens is 1. The Morgan fingerprint density at radius 1 is 1.09 bits per heavy atom. The van der Waals surface area contributed by atoms with Crippen LogP contribution in [0.5, 0.6) is 0 Å². The first-order valence-corrected chi connectivity index (χ1v) is 9.91. The van der Waals surface area contributed by atoms with E-state index in [0.29, 0.717) is 11.0 Å². The van der Waals surface area contributed by atoms with E-state index in [1.54, 1.807) is 12.1 Å². The number of carbonyl (C=O) groups is 2. The Balaban J connectivity index is 1.70. The summed E-state index contributed by atoms with van der Waals surface area (Å²) in [6.45, 7) is 0. The molecule has 0 saturated carbocycles. The highest BCUT2D eigenvalue weighted by Crippen LogP contribution is 2.46. The van der Waals surface area contributed by atoms with Crippen LogP contribution in [0.4, 0.5) is 29.6 Å². The fourth-order valence-corrected chi connectivity index (χ4v) is 4.15. The van der Waals surface area contributed by atoms with Crippen LogP contribution in [-0.4, -0.2) is 27.1 Å². The SMILES string of the molecule is O=C([O-])Nc1nc2ccc(C3(O)c4ccccc4C(=O)N3c3cccc(C(F)(F)F)c3)cc2[nH]1. The molecular formula is C23H14F3N4O4-. The van der Waals surface area contributed by atoms with E-state index < -0.39 is 29.5 Å². The van der Waals surface area contributed by atoms with E-state index >= 15 is 0 Å². The fourth-order valence-electron chi connectivity index (χ4n) is 4.15. The minimum atomic E-state index is -4.65. The average Bonchev–Trinajstić information content (AvgIpc) is 3.29. The highest BCUT2D eigenvalue weighted by atomic mass is 19.4. The van der Waals surface area contributed by atoms with E-state index in [1.165, 1.54) is 36.4 Å². The third kappa shape index (κ3) is 3.25. The Kier molecular flexibility index (Phi) is 4.62. The molecule has 3 N–H and O–H groups in total. The van der Waals surface area contributed by atoms with Crippen molar-refractivity contribution in [2.24, 2.45) is 0 Å². The van der Waals surface area contributed by atoms with Gasteiger partial charge in [-0.05, 0) is 36.4 Å². The molecule has 1 aliphatic heterocycles. The van der Waals surface area contributed by atoms with E-state index in [4.69, 9.17) is 0 Å². The number of aliphatic hydroxyl groups is 1. The lowest BCUT2D eigenvalue weighted by atomic mass is 9.93. The molecule has 0 saturated heterocycles. The van der Waals surface area contributed by atoms with Gasteiger partial charge in [0.1, 0.15) is 6.09 Å². The number of alkyl halides is 3. The highest BCUT2D eigenvalue weighted by molar-refractivity contribution is 6.12. The van der Waals surface area contributed by atoms with Gasteiger partial charge in [-0.25, -0.2) is 4.98 Å². The fraction of sp³-hybridized carbons (Fsp3) is 0.0870. The van der Waals surface area contributed by atoms with Crippen molar-refractivity contribution in [2.45, 2.75) is 11.9 Å². The number of benzene rings is 3. The lowest BCUT2D eigenvalue weighted by Crippen LogP contribution is -2.45. The number of carboxylic acid groups (broad SMARTS) is 1. The number of halogens is 3. The Hall–Kier alpha value is -4.38. The van der Waals surface area contributed by atoms with Gasteiger partial charge in [-0.1, -0.05) is 30.3 Å². The predicted octanol–water partition coefficient (Wildman–Crippen LogP) is 3.19. The lowest BCUT2D eigenvalue weighted by Gasteiger charge is -2.35. The monoisotopic (exact) mass is 467 g/mol. The van der Waals surface area contributed by atoms with Crippen molar-refractivity contribution in [1.29, 1.82) is 0 Å². The summed E-state index contributed by atoms with van der Waals surface area (Å²) in [6.07, 6.45) is -6.23. The van der Waals surface area contributed by atoms with Gasteiger partial charge in [0.25, 0.3) is 5.91 Å². The van der Waals surface area contributed by atoms with Crippen LogP contribution in [0.3, 0.4) is 0 Å². The molecule has 0 bridgehead atoms. The highest BCUT2D eigenvalue weighted by Gasteiger charge is 2.51. The van der Waals surface area contributed by atoms with Gasteiger partial charge < -0.3 is 25.3 Å². The second-order valence-electron chi connectivity index (χ2n) is 7.64. The molecule has 8 nitrogen and oxygen atoms in total. The number of hydrogen-bond donors (Lipinski definition) is 3. The van der Waals surface area contributed by atoms with Crippen LogP contribution in [-0.2, 0) is 11.9 Å². The number of aromatic nitrogens is 2. The van der Waals surface area contributed by atoms with Crippen LogP contribution in [0.25, 0.3) is 11.0 Å². The van der Waals surface area contributed by atoms with Crippen LogP contribution in [0.1, 0.15) is 27.0 Å². The first-order valence-electron chi connectivity index (χ1n) is 9.91. The minimum Gasteiger partial charge on any atom is -0.530 e. The second kappa shape index (κ2) is 7.32. The molecule has 1 aliphatic rings. The van der Waals surface area contributed by atoms with Crippen molar-refractivity contribution >= 4 is 34.7 Å². The smallest absolute Gasteiger partial charge is 0.416 e. The number of anilines is 2. The molecule has 172 valence electrons. The standard InChI is InChI=1S/C23H15F3N4O4/c24-23(25,26)13-4-3-5-14(10-13)30-19(31)15-6-1-2-7-16(15)22(30,34)12-8-9-17-18(11-12)28-20(27-17)29-21(32)33/h1-11,34H,(H,32,33)(H2,27,28,29)/p-1. The van der Waals surface area contributed by atoms with Gasteiger partial charge >= 0.3 is 6.18 Å². The van der Waals surface area contributed by atoms with Gasteiger partial charge in [0.05, 0.1) is 16.6 Å². The van der Waals surface area contributed by atoms with Crippen molar-refractivity contribution in [3.8, 4) is 0 Å². The lowest BCUT2D eigenvalue weighted by molar-refractivity contribution is -0.242. The van der Waals surface area contributed by atoms with Crippen LogP contribution in [0.15, 0.2) is 66.7 Å². The van der Waals surface area contributed by atoms with E-state index in [2.05, 4.69) is 9.97 Å². The maximum atomic E-state index is 13.4. The molecule has 0 radical (unpaired) electrons. The van der Waals surface area contributed by atoms with Gasteiger partial charge in [0, 0.05) is 22.4 Å². The zero-order chi connectivity index (χ0) is 24.3. The van der Waals surface area contributed by atoms with Crippen molar-refractivity contribution in [3.05, 3.63) is 89.0 Å². The molecule has 2 heterocycles. The molecule has 1 unspecified atom stereocenters. The third-order valence-electron chi connectivity index (χ3n) is 5.60. The molecule has 4 aromatic rings. The molecule has 0 aliphatic carbocycles. The number of nitrogens with zero attached hydrogens (tertiary/aromatic N) is 2. The van der Waals surface area contributed by atoms with Gasteiger partial charge in [-0.2, -0.15) is 13.2 Å². The van der Waals surface area contributed by atoms with Gasteiger partial charge in [-0.15, -0.1) is 0 Å². The number of fused-ring (bicyclic) bond motifs is 2. The van der Waals surface area contributed by atoms with Crippen LogP contribution >= 0.6 is 0 Å². The number of amides is 2. The second-order valence-corrected chi connectivity index (χ2v) is 7.64. The Bertz CT molecular complexity index is 1470. The molecule has 0 fully saturated rings. The van der Waals surface area contributed by atoms with Crippen LogP contribution < -0.4 is 15.3 Å². The summed E-state index contributed by atoms with van der Waals surface area (Å²) in [7, 11) is 0. The van der Waals surface area contributed by atoms with E-state index in [0.717, 1.165) is 23.1 Å². The number of aromatic amines is 1. The Morgan fingerprint density at radius 2 is 1.85 bits per heavy atom. The van der Waals surface area contributed by atoms with Crippen molar-refractivity contribution in [1.82, 2.24) is 9.97 Å². The summed E-state index contributed by atoms with van der Waals surface area (Å²) in [4.78, 5) is 31.8. The van der Waals surface area contributed by atoms with E-state index in [-0.39, 0.29) is 28.3 Å². The topological polar surface area (TPSA) is 121 Å². The first kappa shape index (κ1) is 21.5. The number of rotatable bonds is 3. The average molecular weight is 467 g/mol. The van der Waals surface area contributed by atoms with Crippen LogP contribution in [0, 0.1) is 0 Å². The Morgan fingerprint density at radius 3 is 2.59 bits per heavy atom.